The summed E-state index contributed by atoms with van der Waals surface area (Å²) >= 11 is 1.41. The molecule has 0 unspecified atom stereocenters. The first-order valence-electron chi connectivity index (χ1n) is 11.3. The fraction of sp³-hybridized carbons (Fsp3) is 0.240. The van der Waals surface area contributed by atoms with Gasteiger partial charge in [0.2, 0.25) is 15.9 Å². The van der Waals surface area contributed by atoms with Crippen molar-refractivity contribution >= 4 is 42.6 Å². The number of carbonyl (C=O) groups is 1. The Labute approximate surface area is 211 Å². The highest BCUT2D eigenvalue weighted by molar-refractivity contribution is 7.89. The van der Waals surface area contributed by atoms with Crippen molar-refractivity contribution in [3.63, 3.8) is 0 Å². The zero-order chi connectivity index (χ0) is 25.3. The number of aromatic nitrogens is 2. The largest absolute Gasteiger partial charge is 0.283 e. The quantitative estimate of drug-likeness (QED) is 0.365. The van der Waals surface area contributed by atoms with Gasteiger partial charge in [-0.1, -0.05) is 29.5 Å². The number of nitrogens with zero attached hydrogens (tertiary/aromatic N) is 4. The van der Waals surface area contributed by atoms with Crippen LogP contribution in [0.25, 0.3) is 10.2 Å². The van der Waals surface area contributed by atoms with Gasteiger partial charge in [0.25, 0.3) is 0 Å². The molecule has 2 aromatic heterocycles. The van der Waals surface area contributed by atoms with Crippen LogP contribution in [0.1, 0.15) is 18.4 Å². The van der Waals surface area contributed by atoms with Crippen molar-refractivity contribution in [2.45, 2.75) is 24.3 Å². The van der Waals surface area contributed by atoms with Crippen LogP contribution in [0.5, 0.6) is 0 Å². The van der Waals surface area contributed by atoms with Gasteiger partial charge in [0.1, 0.15) is 16.5 Å². The number of pyridine rings is 1. The molecule has 1 aliphatic rings. The van der Waals surface area contributed by atoms with Crippen LogP contribution >= 0.6 is 11.3 Å². The van der Waals surface area contributed by atoms with Gasteiger partial charge in [-0.2, -0.15) is 4.31 Å². The maximum Gasteiger partial charge on any atom is 0.246 e. The minimum Gasteiger partial charge on any atom is -0.283 e. The smallest absolute Gasteiger partial charge is 0.246 e. The number of carbonyl (C=O) groups excluding carboxylic acids is 1. The van der Waals surface area contributed by atoms with Crippen molar-refractivity contribution in [1.29, 1.82) is 0 Å². The number of amides is 1. The minimum absolute atomic E-state index is 0.0231. The minimum atomic E-state index is -4.23. The van der Waals surface area contributed by atoms with Gasteiger partial charge in [-0.3, -0.25) is 14.7 Å². The molecule has 0 bridgehead atoms. The third-order valence-corrected chi connectivity index (χ3v) is 9.13. The monoisotopic (exact) mass is 528 g/mol. The van der Waals surface area contributed by atoms with Gasteiger partial charge in [0, 0.05) is 31.4 Å². The maximum atomic E-state index is 14.2. The number of hydrogen-bond acceptors (Lipinski definition) is 6. The predicted molar refractivity (Wildman–Crippen MR) is 133 cm³/mol. The van der Waals surface area contributed by atoms with E-state index in [1.165, 1.54) is 11.3 Å². The lowest BCUT2D eigenvalue weighted by Gasteiger charge is -2.33. The predicted octanol–water partition coefficient (Wildman–Crippen LogP) is 4.60. The van der Waals surface area contributed by atoms with E-state index in [0.29, 0.717) is 11.2 Å². The number of anilines is 1. The number of thiazole rings is 1. The number of piperidine rings is 1. The molecule has 0 N–H and O–H groups in total. The normalized spacial score (nSPS) is 15.3. The highest BCUT2D eigenvalue weighted by Crippen LogP contribution is 2.33. The molecule has 0 saturated carbocycles. The van der Waals surface area contributed by atoms with E-state index in [9.17, 15) is 22.0 Å². The molecule has 0 atom stereocenters. The van der Waals surface area contributed by atoms with Gasteiger partial charge in [0.15, 0.2) is 5.13 Å². The average molecular weight is 529 g/mol. The number of rotatable bonds is 6. The lowest BCUT2D eigenvalue weighted by Crippen LogP contribution is -2.44. The van der Waals surface area contributed by atoms with Gasteiger partial charge in [-0.25, -0.2) is 22.2 Å². The highest BCUT2D eigenvalue weighted by Gasteiger charge is 2.36. The van der Waals surface area contributed by atoms with Gasteiger partial charge in [-0.15, -0.1) is 0 Å². The third kappa shape index (κ3) is 4.86. The Balaban J connectivity index is 1.37. The highest BCUT2D eigenvalue weighted by atomic mass is 32.2. The van der Waals surface area contributed by atoms with Crippen molar-refractivity contribution in [2.24, 2.45) is 5.92 Å². The number of halogens is 2. The Bertz CT molecular complexity index is 1470. The van der Waals surface area contributed by atoms with Gasteiger partial charge >= 0.3 is 0 Å². The number of hydrogen-bond donors (Lipinski definition) is 0. The summed E-state index contributed by atoms with van der Waals surface area (Å²) in [6.07, 6.45) is 3.86. The maximum absolute atomic E-state index is 14.2. The van der Waals surface area contributed by atoms with Crippen LogP contribution in [-0.4, -0.2) is 41.7 Å². The first-order chi connectivity index (χ1) is 17.3. The Morgan fingerprint density at radius 1 is 1.08 bits per heavy atom. The molecule has 1 aliphatic heterocycles. The number of fused-ring (bicyclic) bond motifs is 1. The van der Waals surface area contributed by atoms with Crippen molar-refractivity contribution in [2.75, 3.05) is 18.0 Å². The van der Waals surface area contributed by atoms with Gasteiger partial charge in [-0.05, 0) is 54.8 Å². The van der Waals surface area contributed by atoms with E-state index in [0.717, 1.165) is 32.2 Å². The van der Waals surface area contributed by atoms with Crippen LogP contribution < -0.4 is 4.90 Å². The number of sulfonamides is 1. The summed E-state index contributed by atoms with van der Waals surface area (Å²) in [5.74, 6) is -2.45. The van der Waals surface area contributed by atoms with Crippen molar-refractivity contribution in [1.82, 2.24) is 14.3 Å². The number of para-hydroxylation sites is 1. The van der Waals surface area contributed by atoms with Crippen LogP contribution in [0.2, 0.25) is 0 Å². The molecule has 3 heterocycles. The van der Waals surface area contributed by atoms with E-state index in [2.05, 4.69) is 9.97 Å². The lowest BCUT2D eigenvalue weighted by molar-refractivity contribution is -0.123. The van der Waals surface area contributed by atoms with E-state index in [-0.39, 0.29) is 38.4 Å². The second kappa shape index (κ2) is 10.00. The van der Waals surface area contributed by atoms with Crippen molar-refractivity contribution in [3.8, 4) is 0 Å². The molecule has 0 spiro atoms. The van der Waals surface area contributed by atoms with Gasteiger partial charge in [0.05, 0.1) is 16.8 Å². The molecule has 2 aromatic carbocycles. The van der Waals surface area contributed by atoms with Crippen molar-refractivity contribution in [3.05, 3.63) is 84.2 Å². The summed E-state index contributed by atoms with van der Waals surface area (Å²) in [5.41, 5.74) is 1.63. The molecule has 1 amide bonds. The molecule has 1 fully saturated rings. The van der Waals surface area contributed by atoms with E-state index in [4.69, 9.17) is 0 Å². The molecule has 1 saturated heterocycles. The molecule has 4 aromatic rings. The lowest BCUT2D eigenvalue weighted by atomic mass is 9.96. The van der Waals surface area contributed by atoms with Crippen LogP contribution in [0.3, 0.4) is 0 Å². The zero-order valence-corrected chi connectivity index (χ0v) is 20.7. The molecular formula is C25H22F2N4O3S2. The summed E-state index contributed by atoms with van der Waals surface area (Å²) in [6, 6.07) is 13.7. The Kier molecular flexibility index (Phi) is 6.78. The Morgan fingerprint density at radius 3 is 2.58 bits per heavy atom. The number of benzene rings is 2. The second-order valence-electron chi connectivity index (χ2n) is 8.50. The summed E-state index contributed by atoms with van der Waals surface area (Å²) in [4.78, 5) is 23.4. The Hall–Kier alpha value is -3.28. The molecule has 0 radical (unpaired) electrons. The Morgan fingerprint density at radius 2 is 1.86 bits per heavy atom. The summed E-state index contributed by atoms with van der Waals surface area (Å²) < 4.78 is 55.7. The molecule has 0 aliphatic carbocycles. The second-order valence-corrected chi connectivity index (χ2v) is 11.4. The van der Waals surface area contributed by atoms with Crippen LogP contribution in [0, 0.1) is 17.6 Å². The van der Waals surface area contributed by atoms with Crippen LogP contribution in [0.15, 0.2) is 71.9 Å². The summed E-state index contributed by atoms with van der Waals surface area (Å²) in [5, 5.41) is 0.557. The molecule has 36 heavy (non-hydrogen) atoms. The summed E-state index contributed by atoms with van der Waals surface area (Å²) in [7, 11) is -4.23. The van der Waals surface area contributed by atoms with Gasteiger partial charge < -0.3 is 0 Å². The van der Waals surface area contributed by atoms with E-state index >= 15 is 0 Å². The van der Waals surface area contributed by atoms with E-state index in [1.807, 2.05) is 30.3 Å². The first kappa shape index (κ1) is 24.4. The molecule has 186 valence electrons. The molecule has 7 nitrogen and oxygen atoms in total. The topological polar surface area (TPSA) is 83.5 Å². The molecule has 5 rings (SSSR count). The van der Waals surface area contributed by atoms with Crippen molar-refractivity contribution < 1.29 is 22.0 Å². The summed E-state index contributed by atoms with van der Waals surface area (Å²) in [6.45, 7) is 0.323. The third-order valence-electron chi connectivity index (χ3n) is 6.16. The zero-order valence-electron chi connectivity index (χ0n) is 19.0. The fourth-order valence-corrected chi connectivity index (χ4v) is 6.78. The standard InChI is InChI=1S/C25H22F2N4O3S2/c26-19-7-8-20(27)23(14-19)36(33,34)30-12-9-18(10-13-30)24(32)31(16-17-4-3-11-28-15-17)25-29-21-5-1-2-6-22(21)35-25/h1-8,11,14-15,18H,9-10,12-13,16H2. The van der Waals surface area contributed by atoms with Crippen LogP contribution in [-0.2, 0) is 21.4 Å². The average Bonchev–Trinajstić information content (AvgIpc) is 3.33. The molecule has 11 heteroatoms. The van der Waals surface area contributed by atoms with E-state index < -0.39 is 32.5 Å². The van der Waals surface area contributed by atoms with Crippen LogP contribution in [0.4, 0.5) is 13.9 Å². The van der Waals surface area contributed by atoms with E-state index in [1.54, 1.807) is 23.4 Å². The fourth-order valence-electron chi connectivity index (χ4n) is 4.27. The first-order valence-corrected chi connectivity index (χ1v) is 13.6. The SMILES string of the molecule is O=C(C1CCN(S(=O)(=O)c2cc(F)ccc2F)CC1)N(Cc1cccnc1)c1nc2ccccc2s1. The molecular weight excluding hydrogens is 506 g/mol.